The Bertz CT molecular complexity index is 1380. The first-order valence-electron chi connectivity index (χ1n) is 12.6. The molecule has 4 rings (SSSR count). The first-order valence-corrected chi connectivity index (χ1v) is 13.7. The van der Waals surface area contributed by atoms with Crippen molar-refractivity contribution >= 4 is 16.5 Å². The van der Waals surface area contributed by atoms with Crippen LogP contribution in [0.3, 0.4) is 0 Å². The lowest BCUT2D eigenvalue weighted by Gasteiger charge is -2.33. The summed E-state index contributed by atoms with van der Waals surface area (Å²) < 4.78 is 22.6. The molecule has 13 nitrogen and oxygen atoms in total. The molecule has 1 aromatic carbocycles. The van der Waals surface area contributed by atoms with Gasteiger partial charge in [0.05, 0.1) is 29.4 Å². The van der Waals surface area contributed by atoms with Crippen molar-refractivity contribution in [2.45, 2.75) is 57.5 Å². The Balaban J connectivity index is 1.64. The fourth-order valence-corrected chi connectivity index (χ4v) is 6.01. The highest BCUT2D eigenvalue weighted by Crippen LogP contribution is 2.32. The molecular weight excluding hydrogens is 516 g/mol. The summed E-state index contributed by atoms with van der Waals surface area (Å²) in [7, 11) is -1.54. The molecule has 2 atom stereocenters. The SMILES string of the molecule is CCCc1nc(C)c2c(=O)[nH]c(-c3cc(S(=O)N4CCC(C(CO)O[N+](=O)[O-])CC4)ccc3OCC)nn12. The molecule has 3 aromatic rings. The number of hydrogen-bond donors (Lipinski definition) is 2. The fourth-order valence-electron chi connectivity index (χ4n) is 4.77. The molecule has 3 heterocycles. The summed E-state index contributed by atoms with van der Waals surface area (Å²) in [5.74, 6) is 1.24. The van der Waals surface area contributed by atoms with Crippen molar-refractivity contribution in [1.29, 1.82) is 0 Å². The number of imidazole rings is 1. The zero-order chi connectivity index (χ0) is 27.4. The summed E-state index contributed by atoms with van der Waals surface area (Å²) in [6.45, 7) is 6.40. The molecule has 0 bridgehead atoms. The highest BCUT2D eigenvalue weighted by molar-refractivity contribution is 7.82. The number of aliphatic hydroxyl groups is 1. The second kappa shape index (κ2) is 12.0. The molecule has 38 heavy (non-hydrogen) atoms. The molecule has 1 saturated heterocycles. The van der Waals surface area contributed by atoms with Gasteiger partial charge in [0.25, 0.3) is 10.6 Å². The number of nitrogens with one attached hydrogen (secondary N) is 1. The Labute approximate surface area is 221 Å². The summed E-state index contributed by atoms with van der Waals surface area (Å²) in [6.07, 6.45) is 1.57. The van der Waals surface area contributed by atoms with Gasteiger partial charge in [-0.1, -0.05) is 6.92 Å². The van der Waals surface area contributed by atoms with Gasteiger partial charge in [-0.2, -0.15) is 0 Å². The Morgan fingerprint density at radius 2 is 2.05 bits per heavy atom. The third kappa shape index (κ3) is 5.71. The van der Waals surface area contributed by atoms with Crippen LogP contribution in [0.4, 0.5) is 0 Å². The van der Waals surface area contributed by atoms with Crippen LogP contribution in [-0.2, 0) is 22.2 Å². The lowest BCUT2D eigenvalue weighted by atomic mass is 9.92. The number of nitrogens with zero attached hydrogens (tertiary/aromatic N) is 5. The average molecular weight is 549 g/mol. The Morgan fingerprint density at radius 3 is 2.68 bits per heavy atom. The van der Waals surface area contributed by atoms with Crippen molar-refractivity contribution < 1.29 is 24.0 Å². The van der Waals surface area contributed by atoms with E-state index in [1.165, 1.54) is 0 Å². The Hall–Kier alpha value is -3.36. The van der Waals surface area contributed by atoms with Crippen LogP contribution < -0.4 is 10.3 Å². The van der Waals surface area contributed by atoms with Crippen molar-refractivity contribution in [3.05, 3.63) is 50.2 Å². The summed E-state index contributed by atoms with van der Waals surface area (Å²) in [6, 6.07) is 5.12. The van der Waals surface area contributed by atoms with E-state index in [1.54, 1.807) is 33.9 Å². The topological polar surface area (TPSA) is 165 Å². The van der Waals surface area contributed by atoms with E-state index < -0.39 is 28.8 Å². The van der Waals surface area contributed by atoms with Gasteiger partial charge in [0.2, 0.25) is 0 Å². The minimum atomic E-state index is -1.54. The van der Waals surface area contributed by atoms with E-state index in [-0.39, 0.29) is 17.3 Å². The molecule has 0 saturated carbocycles. The van der Waals surface area contributed by atoms with Gasteiger partial charge in [0, 0.05) is 19.5 Å². The molecule has 1 aliphatic rings. The molecule has 2 unspecified atom stereocenters. The number of hydrogen-bond acceptors (Lipinski definition) is 9. The number of H-pyrrole nitrogens is 1. The molecule has 0 radical (unpaired) electrons. The van der Waals surface area contributed by atoms with Crippen LogP contribution in [0.5, 0.6) is 5.75 Å². The van der Waals surface area contributed by atoms with Gasteiger partial charge in [0.15, 0.2) is 11.3 Å². The number of fused-ring (bicyclic) bond motifs is 1. The first-order chi connectivity index (χ1) is 18.3. The number of aryl methyl sites for hydroxylation is 2. The van der Waals surface area contributed by atoms with E-state index in [0.29, 0.717) is 72.2 Å². The van der Waals surface area contributed by atoms with E-state index in [2.05, 4.69) is 19.9 Å². The van der Waals surface area contributed by atoms with Gasteiger partial charge in [-0.3, -0.25) is 4.79 Å². The average Bonchev–Trinajstić information content (AvgIpc) is 3.22. The molecular formula is C24H32N6O7S. The second-order valence-corrected chi connectivity index (χ2v) is 10.6. The van der Waals surface area contributed by atoms with E-state index in [4.69, 9.17) is 4.74 Å². The molecule has 2 N–H and O–H groups in total. The number of ether oxygens (including phenoxy) is 1. The molecule has 1 aliphatic heterocycles. The van der Waals surface area contributed by atoms with Gasteiger partial charge in [-0.25, -0.2) is 18.0 Å². The third-order valence-corrected chi connectivity index (χ3v) is 8.08. The maximum Gasteiger partial charge on any atom is 0.294 e. The van der Waals surface area contributed by atoms with Gasteiger partial charge in [-0.05, 0) is 57.2 Å². The van der Waals surface area contributed by atoms with Gasteiger partial charge >= 0.3 is 0 Å². The van der Waals surface area contributed by atoms with Crippen LogP contribution in [0, 0.1) is 23.0 Å². The number of aromatic nitrogens is 4. The minimum Gasteiger partial charge on any atom is -0.493 e. The number of rotatable bonds is 11. The van der Waals surface area contributed by atoms with Crippen LogP contribution in [0.15, 0.2) is 27.9 Å². The Morgan fingerprint density at radius 1 is 1.32 bits per heavy atom. The number of aromatic amines is 1. The summed E-state index contributed by atoms with van der Waals surface area (Å²) >= 11 is 0. The van der Waals surface area contributed by atoms with Crippen molar-refractivity contribution in [2.24, 2.45) is 5.92 Å². The number of piperidine rings is 1. The predicted octanol–water partition coefficient (Wildman–Crippen LogP) is 2.05. The van der Waals surface area contributed by atoms with E-state index in [9.17, 15) is 24.2 Å². The first kappa shape index (κ1) is 27.7. The van der Waals surface area contributed by atoms with E-state index in [1.807, 2.05) is 13.8 Å². The van der Waals surface area contributed by atoms with Crippen LogP contribution in [0.25, 0.3) is 16.9 Å². The van der Waals surface area contributed by atoms with E-state index in [0.717, 1.165) is 6.42 Å². The third-order valence-electron chi connectivity index (χ3n) is 6.58. The quantitative estimate of drug-likeness (QED) is 0.269. The molecule has 2 aromatic heterocycles. The molecule has 0 amide bonds. The van der Waals surface area contributed by atoms with E-state index >= 15 is 0 Å². The zero-order valence-electron chi connectivity index (χ0n) is 21.6. The lowest BCUT2D eigenvalue weighted by Crippen LogP contribution is -2.41. The van der Waals surface area contributed by atoms with Crippen molar-refractivity contribution in [3.63, 3.8) is 0 Å². The maximum atomic E-state index is 13.5. The smallest absolute Gasteiger partial charge is 0.294 e. The molecule has 1 fully saturated rings. The zero-order valence-corrected chi connectivity index (χ0v) is 22.4. The number of benzene rings is 1. The molecule has 14 heteroatoms. The standard InChI is InChI=1S/C24H32N6O7S/c1-4-6-21-25-15(3)22-24(32)26-23(27-29(21)22)18-13-17(7-8-19(18)36-5-2)38(35)28-11-9-16(10-12-28)20(14-31)37-30(33)34/h7-8,13,16,20,31H,4-6,9-12,14H2,1-3H3,(H,26,27,32). The summed E-state index contributed by atoms with van der Waals surface area (Å²) in [5.41, 5.74) is 1.16. The molecule has 0 aliphatic carbocycles. The van der Waals surface area contributed by atoms with Gasteiger partial charge in [-0.15, -0.1) is 15.2 Å². The summed E-state index contributed by atoms with van der Waals surface area (Å²) in [4.78, 5) is 36.2. The van der Waals surface area contributed by atoms with Crippen molar-refractivity contribution in [1.82, 2.24) is 23.9 Å². The maximum absolute atomic E-state index is 13.5. The largest absolute Gasteiger partial charge is 0.493 e. The van der Waals surface area contributed by atoms with Crippen molar-refractivity contribution in [2.75, 3.05) is 26.3 Å². The highest BCUT2D eigenvalue weighted by Gasteiger charge is 2.31. The second-order valence-electron chi connectivity index (χ2n) is 9.08. The minimum absolute atomic E-state index is 0.216. The fraction of sp³-hybridized carbons (Fsp3) is 0.542. The van der Waals surface area contributed by atoms with Crippen LogP contribution >= 0.6 is 0 Å². The highest BCUT2D eigenvalue weighted by atomic mass is 32.2. The molecule has 206 valence electrons. The normalized spacial score (nSPS) is 16.4. The van der Waals surface area contributed by atoms with Crippen LogP contribution in [0.1, 0.15) is 44.6 Å². The lowest BCUT2D eigenvalue weighted by molar-refractivity contribution is -0.771. The van der Waals surface area contributed by atoms with Crippen LogP contribution in [0.2, 0.25) is 0 Å². The number of aliphatic hydroxyl groups excluding tert-OH is 1. The Kier molecular flexibility index (Phi) is 8.74. The van der Waals surface area contributed by atoms with Crippen molar-refractivity contribution in [3.8, 4) is 17.1 Å². The van der Waals surface area contributed by atoms with Gasteiger partial charge in [0.1, 0.15) is 28.7 Å². The predicted molar refractivity (Wildman–Crippen MR) is 139 cm³/mol. The monoisotopic (exact) mass is 548 g/mol. The van der Waals surface area contributed by atoms with Gasteiger partial charge < -0.3 is 19.7 Å². The van der Waals surface area contributed by atoms with Crippen LogP contribution in [-0.4, -0.2) is 70.7 Å². The molecule has 0 spiro atoms. The summed E-state index contributed by atoms with van der Waals surface area (Å²) in [5, 5.41) is 24.0.